The molecule has 4 heteroatoms. The van der Waals surface area contributed by atoms with E-state index >= 15 is 0 Å². The molecule has 0 aliphatic rings. The van der Waals surface area contributed by atoms with E-state index in [-0.39, 0.29) is 0 Å². The van der Waals surface area contributed by atoms with Gasteiger partial charge in [-0.05, 0) is 23.8 Å². The number of nitrogens with zero attached hydrogens (tertiary/aromatic N) is 3. The molecule has 3 aromatic rings. The standard InChI is InChI=1S/C15H14N4/c16-14-6-2-1-4-13(14)11-19-9-8-18-15(19)12-5-3-7-17-10-12/h1-10H,11,16H2. The van der Waals surface area contributed by atoms with Crippen molar-refractivity contribution in [3.05, 3.63) is 66.7 Å². The van der Waals surface area contributed by atoms with Crippen LogP contribution in [0.1, 0.15) is 5.56 Å². The molecule has 0 aliphatic heterocycles. The smallest absolute Gasteiger partial charge is 0.141 e. The van der Waals surface area contributed by atoms with Crippen LogP contribution in [-0.4, -0.2) is 14.5 Å². The number of nitrogen functional groups attached to an aromatic ring is 1. The SMILES string of the molecule is Nc1ccccc1Cn1ccnc1-c1cccnc1. The van der Waals surface area contributed by atoms with Gasteiger partial charge in [0.15, 0.2) is 0 Å². The summed E-state index contributed by atoms with van der Waals surface area (Å²) in [6.07, 6.45) is 7.31. The second-order valence-corrected chi connectivity index (χ2v) is 4.32. The number of imidazole rings is 1. The van der Waals surface area contributed by atoms with Crippen LogP contribution in [0.15, 0.2) is 61.2 Å². The van der Waals surface area contributed by atoms with Crippen molar-refractivity contribution in [3.8, 4) is 11.4 Å². The Bertz CT molecular complexity index is 673. The second kappa shape index (κ2) is 4.94. The molecule has 94 valence electrons. The second-order valence-electron chi connectivity index (χ2n) is 4.32. The van der Waals surface area contributed by atoms with E-state index < -0.39 is 0 Å². The highest BCUT2D eigenvalue weighted by Gasteiger charge is 2.07. The summed E-state index contributed by atoms with van der Waals surface area (Å²) in [4.78, 5) is 8.52. The first-order valence-electron chi connectivity index (χ1n) is 6.09. The number of aromatic nitrogens is 3. The van der Waals surface area contributed by atoms with Crippen LogP contribution < -0.4 is 5.73 Å². The molecule has 0 fully saturated rings. The molecular formula is C15H14N4. The lowest BCUT2D eigenvalue weighted by Gasteiger charge is -2.09. The van der Waals surface area contributed by atoms with E-state index in [0.29, 0.717) is 6.54 Å². The summed E-state index contributed by atoms with van der Waals surface area (Å²) >= 11 is 0. The van der Waals surface area contributed by atoms with Crippen molar-refractivity contribution in [2.75, 3.05) is 5.73 Å². The van der Waals surface area contributed by atoms with Crippen molar-refractivity contribution >= 4 is 5.69 Å². The first-order valence-corrected chi connectivity index (χ1v) is 6.09. The van der Waals surface area contributed by atoms with Gasteiger partial charge in [-0.2, -0.15) is 0 Å². The van der Waals surface area contributed by atoms with Crippen LogP contribution in [0.2, 0.25) is 0 Å². The number of hydrogen-bond acceptors (Lipinski definition) is 3. The van der Waals surface area contributed by atoms with Crippen LogP contribution in [0.4, 0.5) is 5.69 Å². The van der Waals surface area contributed by atoms with E-state index in [2.05, 4.69) is 14.5 Å². The number of anilines is 1. The van der Waals surface area contributed by atoms with Gasteiger partial charge in [-0.3, -0.25) is 4.98 Å². The molecule has 2 N–H and O–H groups in total. The molecule has 4 nitrogen and oxygen atoms in total. The maximum atomic E-state index is 5.98. The van der Waals surface area contributed by atoms with Crippen LogP contribution in [0.5, 0.6) is 0 Å². The zero-order valence-corrected chi connectivity index (χ0v) is 10.4. The van der Waals surface area contributed by atoms with E-state index in [1.165, 1.54) is 0 Å². The van der Waals surface area contributed by atoms with Crippen LogP contribution in [0, 0.1) is 0 Å². The molecule has 0 atom stereocenters. The van der Waals surface area contributed by atoms with Crippen molar-refractivity contribution in [1.82, 2.24) is 14.5 Å². The van der Waals surface area contributed by atoms with Crippen LogP contribution in [-0.2, 0) is 6.54 Å². The lowest BCUT2D eigenvalue weighted by Crippen LogP contribution is -2.03. The van der Waals surface area contributed by atoms with Crippen molar-refractivity contribution in [2.24, 2.45) is 0 Å². The highest BCUT2D eigenvalue weighted by molar-refractivity contribution is 5.54. The van der Waals surface area contributed by atoms with E-state index in [4.69, 9.17) is 5.73 Å². The molecule has 0 radical (unpaired) electrons. The summed E-state index contributed by atoms with van der Waals surface area (Å²) in [7, 11) is 0. The molecule has 2 heterocycles. The Morgan fingerprint density at radius 3 is 2.74 bits per heavy atom. The molecular weight excluding hydrogens is 236 g/mol. The van der Waals surface area contributed by atoms with Crippen molar-refractivity contribution in [1.29, 1.82) is 0 Å². The Balaban J connectivity index is 1.96. The summed E-state index contributed by atoms with van der Waals surface area (Å²) in [5, 5.41) is 0. The normalized spacial score (nSPS) is 10.5. The van der Waals surface area contributed by atoms with Gasteiger partial charge in [0.2, 0.25) is 0 Å². The van der Waals surface area contributed by atoms with Gasteiger partial charge < -0.3 is 10.3 Å². The van der Waals surface area contributed by atoms with Gasteiger partial charge in [0.25, 0.3) is 0 Å². The molecule has 19 heavy (non-hydrogen) atoms. The number of benzene rings is 1. The Morgan fingerprint density at radius 1 is 1.05 bits per heavy atom. The van der Waals surface area contributed by atoms with Gasteiger partial charge in [-0.25, -0.2) is 4.98 Å². The maximum absolute atomic E-state index is 5.98. The monoisotopic (exact) mass is 250 g/mol. The molecule has 0 saturated carbocycles. The Kier molecular flexibility index (Phi) is 2.98. The molecule has 0 aliphatic carbocycles. The Hall–Kier alpha value is -2.62. The highest BCUT2D eigenvalue weighted by atomic mass is 15.1. The zero-order valence-electron chi connectivity index (χ0n) is 10.4. The summed E-state index contributed by atoms with van der Waals surface area (Å²) in [5.74, 6) is 0.899. The van der Waals surface area contributed by atoms with E-state index in [9.17, 15) is 0 Å². The predicted molar refractivity (Wildman–Crippen MR) is 75.4 cm³/mol. The van der Waals surface area contributed by atoms with Gasteiger partial charge >= 0.3 is 0 Å². The lowest BCUT2D eigenvalue weighted by molar-refractivity contribution is 0.808. The van der Waals surface area contributed by atoms with Crippen molar-refractivity contribution in [2.45, 2.75) is 6.54 Å². The van der Waals surface area contributed by atoms with Gasteiger partial charge in [-0.1, -0.05) is 18.2 Å². The average Bonchev–Trinajstić information content (AvgIpc) is 2.91. The minimum absolute atomic E-state index is 0.705. The quantitative estimate of drug-likeness (QED) is 0.727. The number of rotatable bonds is 3. The van der Waals surface area contributed by atoms with Gasteiger partial charge in [0.1, 0.15) is 5.82 Å². The van der Waals surface area contributed by atoms with Crippen LogP contribution in [0.25, 0.3) is 11.4 Å². The summed E-state index contributed by atoms with van der Waals surface area (Å²) in [6.45, 7) is 0.705. The molecule has 0 saturated heterocycles. The summed E-state index contributed by atoms with van der Waals surface area (Å²) in [5.41, 5.74) is 8.87. The van der Waals surface area contributed by atoms with Gasteiger partial charge in [0, 0.05) is 36.0 Å². The first kappa shape index (κ1) is 11.5. The average molecular weight is 250 g/mol. The number of nitrogens with two attached hydrogens (primary N) is 1. The third kappa shape index (κ3) is 2.33. The number of hydrogen-bond donors (Lipinski definition) is 1. The molecule has 0 bridgehead atoms. The number of pyridine rings is 1. The third-order valence-corrected chi connectivity index (χ3v) is 3.03. The Morgan fingerprint density at radius 2 is 1.95 bits per heavy atom. The van der Waals surface area contributed by atoms with E-state index in [0.717, 1.165) is 22.6 Å². The fourth-order valence-corrected chi connectivity index (χ4v) is 2.05. The predicted octanol–water partition coefficient (Wildman–Crippen LogP) is 2.58. The topological polar surface area (TPSA) is 56.7 Å². The highest BCUT2D eigenvalue weighted by Crippen LogP contribution is 2.19. The largest absolute Gasteiger partial charge is 0.398 e. The fourth-order valence-electron chi connectivity index (χ4n) is 2.05. The molecule has 3 rings (SSSR count). The molecule has 1 aromatic carbocycles. The molecule has 0 unspecified atom stereocenters. The van der Waals surface area contributed by atoms with Gasteiger partial charge in [-0.15, -0.1) is 0 Å². The van der Waals surface area contributed by atoms with E-state index in [1.54, 1.807) is 12.4 Å². The van der Waals surface area contributed by atoms with Crippen molar-refractivity contribution in [3.63, 3.8) is 0 Å². The van der Waals surface area contributed by atoms with Crippen LogP contribution >= 0.6 is 0 Å². The Labute approximate surface area is 111 Å². The minimum atomic E-state index is 0.705. The lowest BCUT2D eigenvalue weighted by atomic mass is 10.2. The molecule has 0 spiro atoms. The maximum Gasteiger partial charge on any atom is 0.141 e. The summed E-state index contributed by atoms with van der Waals surface area (Å²) < 4.78 is 2.07. The van der Waals surface area contributed by atoms with Crippen molar-refractivity contribution < 1.29 is 0 Å². The number of para-hydroxylation sites is 1. The molecule has 0 amide bonds. The summed E-state index contributed by atoms with van der Waals surface area (Å²) in [6, 6.07) is 11.8. The van der Waals surface area contributed by atoms with E-state index in [1.807, 2.05) is 48.8 Å². The zero-order chi connectivity index (χ0) is 13.1. The third-order valence-electron chi connectivity index (χ3n) is 3.03. The first-order chi connectivity index (χ1) is 9.34. The molecule has 2 aromatic heterocycles. The fraction of sp³-hybridized carbons (Fsp3) is 0.0667. The minimum Gasteiger partial charge on any atom is -0.398 e. The van der Waals surface area contributed by atoms with Gasteiger partial charge in [0.05, 0.1) is 6.54 Å². The van der Waals surface area contributed by atoms with Crippen LogP contribution in [0.3, 0.4) is 0 Å².